The van der Waals surface area contributed by atoms with Crippen LogP contribution in [0, 0.1) is 11.6 Å². The zero-order valence-electron chi connectivity index (χ0n) is 10.4. The Morgan fingerprint density at radius 3 is 2.42 bits per heavy atom. The Morgan fingerprint density at radius 1 is 1.11 bits per heavy atom. The van der Waals surface area contributed by atoms with Crippen LogP contribution in [0.3, 0.4) is 0 Å². The van der Waals surface area contributed by atoms with Crippen LogP contribution in [-0.4, -0.2) is 17.9 Å². The molecule has 0 aliphatic carbocycles. The van der Waals surface area contributed by atoms with Gasteiger partial charge in [-0.1, -0.05) is 30.3 Å². The van der Waals surface area contributed by atoms with E-state index in [4.69, 9.17) is 0 Å². The number of rotatable bonds is 3. The predicted molar refractivity (Wildman–Crippen MR) is 68.6 cm³/mol. The first-order valence-corrected chi connectivity index (χ1v) is 5.82. The van der Waals surface area contributed by atoms with Gasteiger partial charge < -0.3 is 4.90 Å². The van der Waals surface area contributed by atoms with E-state index in [9.17, 15) is 13.6 Å². The van der Waals surface area contributed by atoms with E-state index < -0.39 is 17.5 Å². The van der Waals surface area contributed by atoms with Gasteiger partial charge in [0.1, 0.15) is 11.6 Å². The summed E-state index contributed by atoms with van der Waals surface area (Å²) in [5.74, 6) is -2.01. The van der Waals surface area contributed by atoms with Crippen LogP contribution in [0.2, 0.25) is 0 Å². The smallest absolute Gasteiger partial charge is 0.256 e. The molecule has 2 aromatic carbocycles. The van der Waals surface area contributed by atoms with Crippen LogP contribution in [0.4, 0.5) is 8.78 Å². The van der Waals surface area contributed by atoms with Gasteiger partial charge in [-0.25, -0.2) is 8.78 Å². The fourth-order valence-electron chi connectivity index (χ4n) is 1.80. The standard InChI is InChI=1S/C15H13F2NO/c1-18(10-11-5-3-2-4-6-11)15(19)13-8-7-12(16)9-14(13)17/h2-9H,10H2,1H3. The monoisotopic (exact) mass is 261 g/mol. The lowest BCUT2D eigenvalue weighted by Crippen LogP contribution is -2.27. The van der Waals surface area contributed by atoms with Crippen molar-refractivity contribution < 1.29 is 13.6 Å². The summed E-state index contributed by atoms with van der Waals surface area (Å²) in [6, 6.07) is 12.3. The Hall–Kier alpha value is -2.23. The van der Waals surface area contributed by atoms with Crippen molar-refractivity contribution in [2.45, 2.75) is 6.54 Å². The van der Waals surface area contributed by atoms with E-state index in [2.05, 4.69) is 0 Å². The van der Waals surface area contributed by atoms with E-state index in [0.29, 0.717) is 12.6 Å². The largest absolute Gasteiger partial charge is 0.337 e. The Morgan fingerprint density at radius 2 is 1.79 bits per heavy atom. The van der Waals surface area contributed by atoms with Crippen molar-refractivity contribution in [2.24, 2.45) is 0 Å². The van der Waals surface area contributed by atoms with Crippen LogP contribution >= 0.6 is 0 Å². The summed E-state index contributed by atoms with van der Waals surface area (Å²) in [7, 11) is 1.58. The van der Waals surface area contributed by atoms with Crippen LogP contribution in [0.1, 0.15) is 15.9 Å². The van der Waals surface area contributed by atoms with Crippen LogP contribution < -0.4 is 0 Å². The molecule has 0 atom stereocenters. The highest BCUT2D eigenvalue weighted by Gasteiger charge is 2.16. The second kappa shape index (κ2) is 5.61. The summed E-state index contributed by atoms with van der Waals surface area (Å²) in [6.45, 7) is 0.372. The number of benzene rings is 2. The van der Waals surface area contributed by atoms with Crippen molar-refractivity contribution in [2.75, 3.05) is 7.05 Å². The molecule has 0 saturated carbocycles. The maximum Gasteiger partial charge on any atom is 0.256 e. The van der Waals surface area contributed by atoms with Crippen LogP contribution in [0.25, 0.3) is 0 Å². The van der Waals surface area contributed by atoms with Gasteiger partial charge in [-0.15, -0.1) is 0 Å². The van der Waals surface area contributed by atoms with Gasteiger partial charge in [0.15, 0.2) is 0 Å². The molecule has 0 aliphatic heterocycles. The average molecular weight is 261 g/mol. The third-order valence-corrected chi connectivity index (χ3v) is 2.77. The van der Waals surface area contributed by atoms with Gasteiger partial charge in [-0.2, -0.15) is 0 Å². The minimum Gasteiger partial charge on any atom is -0.337 e. The number of hydrogen-bond donors (Lipinski definition) is 0. The molecule has 0 N–H and O–H groups in total. The predicted octanol–water partition coefficient (Wildman–Crippen LogP) is 3.24. The zero-order chi connectivity index (χ0) is 13.8. The van der Waals surface area contributed by atoms with E-state index >= 15 is 0 Å². The fourth-order valence-corrected chi connectivity index (χ4v) is 1.80. The third-order valence-electron chi connectivity index (χ3n) is 2.77. The van der Waals surface area contributed by atoms with Gasteiger partial charge in [-0.05, 0) is 17.7 Å². The molecule has 19 heavy (non-hydrogen) atoms. The maximum absolute atomic E-state index is 13.5. The molecule has 2 aromatic rings. The number of nitrogens with zero attached hydrogens (tertiary/aromatic N) is 1. The molecule has 0 aliphatic rings. The molecular weight excluding hydrogens is 248 g/mol. The third kappa shape index (κ3) is 3.16. The lowest BCUT2D eigenvalue weighted by molar-refractivity contribution is 0.0780. The molecule has 4 heteroatoms. The lowest BCUT2D eigenvalue weighted by Gasteiger charge is -2.17. The Labute approximate surface area is 110 Å². The summed E-state index contributed by atoms with van der Waals surface area (Å²) in [4.78, 5) is 13.4. The van der Waals surface area contributed by atoms with Gasteiger partial charge in [0, 0.05) is 19.7 Å². The summed E-state index contributed by atoms with van der Waals surface area (Å²) >= 11 is 0. The SMILES string of the molecule is CN(Cc1ccccc1)C(=O)c1ccc(F)cc1F. The molecule has 2 nitrogen and oxygen atoms in total. The molecule has 98 valence electrons. The highest BCUT2D eigenvalue weighted by molar-refractivity contribution is 5.94. The summed E-state index contributed by atoms with van der Waals surface area (Å²) in [5.41, 5.74) is 0.820. The van der Waals surface area contributed by atoms with Gasteiger partial charge >= 0.3 is 0 Å². The second-order valence-electron chi connectivity index (χ2n) is 4.27. The van der Waals surface area contributed by atoms with Gasteiger partial charge in [-0.3, -0.25) is 4.79 Å². The van der Waals surface area contributed by atoms with E-state index in [1.807, 2.05) is 30.3 Å². The molecule has 0 spiro atoms. The molecule has 0 radical (unpaired) electrons. The molecule has 0 aromatic heterocycles. The average Bonchev–Trinajstić information content (AvgIpc) is 2.39. The summed E-state index contributed by atoms with van der Waals surface area (Å²) in [6.07, 6.45) is 0. The molecule has 0 heterocycles. The normalized spacial score (nSPS) is 10.3. The number of amides is 1. The van der Waals surface area contributed by atoms with Crippen molar-refractivity contribution in [1.82, 2.24) is 4.90 Å². The lowest BCUT2D eigenvalue weighted by atomic mass is 10.1. The quantitative estimate of drug-likeness (QED) is 0.830. The van der Waals surface area contributed by atoms with E-state index in [1.54, 1.807) is 7.05 Å². The zero-order valence-corrected chi connectivity index (χ0v) is 10.4. The van der Waals surface area contributed by atoms with Gasteiger partial charge in [0.25, 0.3) is 5.91 Å². The van der Waals surface area contributed by atoms with Crippen molar-refractivity contribution >= 4 is 5.91 Å². The number of carbonyl (C=O) groups excluding carboxylic acids is 1. The molecule has 0 unspecified atom stereocenters. The molecule has 0 fully saturated rings. The van der Waals surface area contributed by atoms with Crippen LogP contribution in [0.5, 0.6) is 0 Å². The minimum absolute atomic E-state index is 0.125. The van der Waals surface area contributed by atoms with Gasteiger partial charge in [0.2, 0.25) is 0 Å². The van der Waals surface area contributed by atoms with E-state index in [-0.39, 0.29) is 5.56 Å². The summed E-state index contributed by atoms with van der Waals surface area (Å²) in [5, 5.41) is 0. The topological polar surface area (TPSA) is 20.3 Å². The molecular formula is C15H13F2NO. The fraction of sp³-hybridized carbons (Fsp3) is 0.133. The van der Waals surface area contributed by atoms with Gasteiger partial charge in [0.05, 0.1) is 5.56 Å². The summed E-state index contributed by atoms with van der Waals surface area (Å²) < 4.78 is 26.3. The number of hydrogen-bond acceptors (Lipinski definition) is 1. The number of carbonyl (C=O) groups is 1. The molecule has 0 bridgehead atoms. The molecule has 2 rings (SSSR count). The highest BCUT2D eigenvalue weighted by Crippen LogP contribution is 2.13. The van der Waals surface area contributed by atoms with Crippen molar-refractivity contribution in [3.05, 3.63) is 71.3 Å². The first-order chi connectivity index (χ1) is 9.08. The van der Waals surface area contributed by atoms with Crippen molar-refractivity contribution in [3.8, 4) is 0 Å². The maximum atomic E-state index is 13.5. The minimum atomic E-state index is -0.843. The molecule has 1 amide bonds. The van der Waals surface area contributed by atoms with Crippen LogP contribution in [0.15, 0.2) is 48.5 Å². The Kier molecular flexibility index (Phi) is 3.90. The first kappa shape index (κ1) is 13.2. The highest BCUT2D eigenvalue weighted by atomic mass is 19.1. The Balaban J connectivity index is 2.15. The van der Waals surface area contributed by atoms with E-state index in [0.717, 1.165) is 17.7 Å². The van der Waals surface area contributed by atoms with Crippen molar-refractivity contribution in [1.29, 1.82) is 0 Å². The first-order valence-electron chi connectivity index (χ1n) is 5.82. The van der Waals surface area contributed by atoms with Crippen molar-refractivity contribution in [3.63, 3.8) is 0 Å². The van der Waals surface area contributed by atoms with Crippen LogP contribution in [-0.2, 0) is 6.54 Å². The second-order valence-corrected chi connectivity index (χ2v) is 4.27. The molecule has 0 saturated heterocycles. The van der Waals surface area contributed by atoms with E-state index in [1.165, 1.54) is 4.90 Å². The number of halogens is 2. The Bertz CT molecular complexity index is 584.